The van der Waals surface area contributed by atoms with Crippen LogP contribution in [-0.2, 0) is 4.79 Å². The van der Waals surface area contributed by atoms with E-state index in [2.05, 4.69) is 4.98 Å². The molecule has 1 heterocycles. The summed E-state index contributed by atoms with van der Waals surface area (Å²) in [5, 5.41) is 20.1. The van der Waals surface area contributed by atoms with Crippen LogP contribution in [0.4, 0.5) is 11.5 Å². The maximum atomic E-state index is 12.5. The molecule has 1 aromatic heterocycles. The summed E-state index contributed by atoms with van der Waals surface area (Å²) in [5.74, 6) is -1.04. The van der Waals surface area contributed by atoms with Gasteiger partial charge in [-0.25, -0.2) is 0 Å². The van der Waals surface area contributed by atoms with Crippen LogP contribution in [0.3, 0.4) is 0 Å². The SMILES string of the molecule is N#CCCN(C(=O)COc1cccnc1[N+](=O)[O-])c1cccc(Cl)c1. The Morgan fingerprint density at radius 3 is 2.88 bits per heavy atom. The lowest BCUT2D eigenvalue weighted by molar-refractivity contribution is -0.390. The lowest BCUT2D eigenvalue weighted by atomic mass is 10.2. The molecule has 0 saturated heterocycles. The summed E-state index contributed by atoms with van der Waals surface area (Å²) in [4.78, 5) is 27.7. The first-order valence-corrected chi connectivity index (χ1v) is 7.56. The molecule has 9 heteroatoms. The molecule has 0 aliphatic heterocycles. The number of hydrogen-bond acceptors (Lipinski definition) is 6. The Labute approximate surface area is 148 Å². The highest BCUT2D eigenvalue weighted by Gasteiger charge is 2.20. The van der Waals surface area contributed by atoms with Crippen molar-refractivity contribution < 1.29 is 14.5 Å². The van der Waals surface area contributed by atoms with Gasteiger partial charge >= 0.3 is 5.82 Å². The number of nitro groups is 1. The van der Waals surface area contributed by atoms with Crippen LogP contribution in [0.2, 0.25) is 5.02 Å². The second kappa shape index (κ2) is 8.61. The van der Waals surface area contributed by atoms with Crippen LogP contribution in [0.15, 0.2) is 42.6 Å². The van der Waals surface area contributed by atoms with Crippen molar-refractivity contribution >= 4 is 29.0 Å². The molecule has 0 radical (unpaired) electrons. The average Bonchev–Trinajstić information content (AvgIpc) is 2.60. The van der Waals surface area contributed by atoms with Crippen LogP contribution in [0.1, 0.15) is 6.42 Å². The van der Waals surface area contributed by atoms with Crippen molar-refractivity contribution in [3.8, 4) is 11.8 Å². The van der Waals surface area contributed by atoms with E-state index < -0.39 is 23.3 Å². The van der Waals surface area contributed by atoms with E-state index in [-0.39, 0.29) is 18.7 Å². The van der Waals surface area contributed by atoms with Crippen molar-refractivity contribution in [3.63, 3.8) is 0 Å². The van der Waals surface area contributed by atoms with Gasteiger partial charge in [-0.15, -0.1) is 0 Å². The third-order valence-electron chi connectivity index (χ3n) is 3.14. The number of pyridine rings is 1. The van der Waals surface area contributed by atoms with Crippen LogP contribution in [-0.4, -0.2) is 29.0 Å². The number of anilines is 1. The number of amides is 1. The number of carbonyl (C=O) groups is 1. The number of carbonyl (C=O) groups excluding carboxylic acids is 1. The fourth-order valence-corrected chi connectivity index (χ4v) is 2.24. The molecule has 0 atom stereocenters. The highest BCUT2D eigenvalue weighted by Crippen LogP contribution is 2.24. The molecule has 0 bridgehead atoms. The van der Waals surface area contributed by atoms with E-state index in [4.69, 9.17) is 21.6 Å². The first kappa shape index (κ1) is 18.2. The van der Waals surface area contributed by atoms with Crippen molar-refractivity contribution in [2.24, 2.45) is 0 Å². The van der Waals surface area contributed by atoms with Gasteiger partial charge in [-0.05, 0) is 40.2 Å². The third kappa shape index (κ3) is 4.89. The van der Waals surface area contributed by atoms with Gasteiger partial charge in [0.05, 0.1) is 12.5 Å². The summed E-state index contributed by atoms with van der Waals surface area (Å²) in [6.45, 7) is -0.293. The summed E-state index contributed by atoms with van der Waals surface area (Å²) in [7, 11) is 0. The van der Waals surface area contributed by atoms with E-state index in [1.165, 1.54) is 23.2 Å². The summed E-state index contributed by atoms with van der Waals surface area (Å²) in [6, 6.07) is 11.4. The Kier molecular flexibility index (Phi) is 6.26. The second-order valence-corrected chi connectivity index (χ2v) is 5.24. The molecule has 1 amide bonds. The number of nitrogens with zero attached hydrogens (tertiary/aromatic N) is 4. The number of aromatic nitrogens is 1. The normalized spacial score (nSPS) is 9.92. The van der Waals surface area contributed by atoms with Gasteiger partial charge in [-0.3, -0.25) is 4.79 Å². The summed E-state index contributed by atoms with van der Waals surface area (Å²) < 4.78 is 5.26. The van der Waals surface area contributed by atoms with Crippen LogP contribution in [0.25, 0.3) is 0 Å². The molecule has 2 aromatic rings. The van der Waals surface area contributed by atoms with E-state index in [9.17, 15) is 14.9 Å². The topological polar surface area (TPSA) is 109 Å². The summed E-state index contributed by atoms with van der Waals surface area (Å²) in [5.41, 5.74) is 0.511. The Balaban J connectivity index is 2.15. The van der Waals surface area contributed by atoms with Gasteiger partial charge in [-0.1, -0.05) is 17.7 Å². The molecule has 0 unspecified atom stereocenters. The molecule has 0 spiro atoms. The number of rotatable bonds is 7. The van der Waals surface area contributed by atoms with Gasteiger partial charge in [0.1, 0.15) is 6.20 Å². The smallest absolute Gasteiger partial charge is 0.406 e. The molecule has 25 heavy (non-hydrogen) atoms. The largest absolute Gasteiger partial charge is 0.476 e. The number of hydrogen-bond donors (Lipinski definition) is 0. The highest BCUT2D eigenvalue weighted by molar-refractivity contribution is 6.30. The van der Waals surface area contributed by atoms with Gasteiger partial charge in [0.2, 0.25) is 5.75 Å². The van der Waals surface area contributed by atoms with Crippen molar-refractivity contribution in [2.75, 3.05) is 18.1 Å². The summed E-state index contributed by atoms with van der Waals surface area (Å²) >= 11 is 5.94. The van der Waals surface area contributed by atoms with Gasteiger partial charge in [0.25, 0.3) is 5.91 Å². The molecule has 0 fully saturated rings. The fourth-order valence-electron chi connectivity index (χ4n) is 2.05. The molecule has 0 N–H and O–H groups in total. The van der Waals surface area contributed by atoms with Crippen LogP contribution >= 0.6 is 11.6 Å². The molecule has 8 nitrogen and oxygen atoms in total. The van der Waals surface area contributed by atoms with Gasteiger partial charge in [-0.2, -0.15) is 5.26 Å². The Bertz CT molecular complexity index is 822. The lowest BCUT2D eigenvalue weighted by Crippen LogP contribution is -2.35. The fraction of sp³-hybridized carbons (Fsp3) is 0.188. The van der Waals surface area contributed by atoms with E-state index in [1.54, 1.807) is 24.3 Å². The van der Waals surface area contributed by atoms with E-state index >= 15 is 0 Å². The third-order valence-corrected chi connectivity index (χ3v) is 3.38. The molecule has 0 saturated carbocycles. The lowest BCUT2D eigenvalue weighted by Gasteiger charge is -2.22. The zero-order valence-electron chi connectivity index (χ0n) is 13.0. The Morgan fingerprint density at radius 2 is 2.20 bits per heavy atom. The maximum Gasteiger partial charge on any atom is 0.406 e. The maximum absolute atomic E-state index is 12.5. The number of ether oxygens (including phenoxy) is 1. The standard InChI is InChI=1S/C16H13ClN4O4/c17-12-4-1-5-13(10-12)20(9-3-7-18)15(22)11-25-14-6-2-8-19-16(14)21(23)24/h1-2,4-6,8,10H,3,9,11H2. The van der Waals surface area contributed by atoms with E-state index in [0.717, 1.165) is 0 Å². The van der Waals surface area contributed by atoms with Crippen molar-refractivity contribution in [2.45, 2.75) is 6.42 Å². The number of nitriles is 1. The van der Waals surface area contributed by atoms with Crippen LogP contribution in [0, 0.1) is 21.4 Å². The molecule has 128 valence electrons. The van der Waals surface area contributed by atoms with Crippen molar-refractivity contribution in [3.05, 3.63) is 57.7 Å². The van der Waals surface area contributed by atoms with Crippen LogP contribution in [0.5, 0.6) is 5.75 Å². The Hall–Kier alpha value is -3.18. The zero-order valence-corrected chi connectivity index (χ0v) is 13.7. The van der Waals surface area contributed by atoms with E-state index in [0.29, 0.717) is 10.7 Å². The minimum absolute atomic E-state index is 0.104. The van der Waals surface area contributed by atoms with Gasteiger partial charge < -0.3 is 19.8 Å². The molecule has 0 aliphatic rings. The van der Waals surface area contributed by atoms with Gasteiger partial charge in [0.15, 0.2) is 6.61 Å². The Morgan fingerprint density at radius 1 is 1.40 bits per heavy atom. The van der Waals surface area contributed by atoms with Gasteiger partial charge in [0, 0.05) is 17.3 Å². The van der Waals surface area contributed by atoms with Crippen LogP contribution < -0.4 is 9.64 Å². The molecule has 0 aliphatic carbocycles. The first-order valence-electron chi connectivity index (χ1n) is 7.18. The van der Waals surface area contributed by atoms with E-state index in [1.807, 2.05) is 6.07 Å². The van der Waals surface area contributed by atoms with Crippen molar-refractivity contribution in [1.29, 1.82) is 5.26 Å². The van der Waals surface area contributed by atoms with Crippen molar-refractivity contribution in [1.82, 2.24) is 4.98 Å². The quantitative estimate of drug-likeness (QED) is 0.554. The second-order valence-electron chi connectivity index (χ2n) is 4.80. The number of benzene rings is 1. The summed E-state index contributed by atoms with van der Waals surface area (Å²) in [6.07, 6.45) is 1.38. The minimum Gasteiger partial charge on any atom is -0.476 e. The molecular weight excluding hydrogens is 348 g/mol. The minimum atomic E-state index is -0.690. The molecule has 1 aromatic carbocycles. The monoisotopic (exact) mass is 360 g/mol. The average molecular weight is 361 g/mol. The first-order chi connectivity index (χ1) is 12.0. The predicted molar refractivity (Wildman–Crippen MR) is 90.4 cm³/mol. The predicted octanol–water partition coefficient (Wildman–Crippen LogP) is 2.97. The molecular formula is C16H13ClN4O4. The highest BCUT2D eigenvalue weighted by atomic mass is 35.5. The zero-order chi connectivity index (χ0) is 18.2. The molecule has 2 rings (SSSR count). The number of halogens is 1.